The van der Waals surface area contributed by atoms with E-state index >= 15 is 0 Å². The zero-order valence-corrected chi connectivity index (χ0v) is 27.6. The van der Waals surface area contributed by atoms with E-state index in [0.29, 0.717) is 47.8 Å². The molecular weight excluding hydrogens is 604 g/mol. The number of aryl methyl sites for hydroxylation is 2. The molecule has 0 spiro atoms. The standard InChI is InChI=1S/C37H40N8O3/c1-5-38-34(39-6-2)17-18-40-36(47)32-20-30(24-44(32)3)43-37(48)33-21-29(23-45(33)4)42-35(46)27-15-13-25(14-16-27)11-12-26-19-28-9-7-8-10-31(28)41-22-26/h7-16,19-24H,5-6,17-18H2,1-4H3,(H,38,39)(H,40,47)(H,42,46)(H,43,48)/b12-11+. The number of benzene rings is 2. The number of aliphatic imine (C=N–C) groups is 1. The zero-order valence-electron chi connectivity index (χ0n) is 27.6. The summed E-state index contributed by atoms with van der Waals surface area (Å²) in [5.74, 6) is -0.0609. The number of nitrogens with one attached hydrogen (secondary N) is 4. The molecule has 3 aromatic heterocycles. The highest BCUT2D eigenvalue weighted by atomic mass is 16.2. The second-order valence-electron chi connectivity index (χ2n) is 11.2. The molecule has 0 fully saturated rings. The molecule has 0 atom stereocenters. The van der Waals surface area contributed by atoms with Crippen molar-refractivity contribution in [1.29, 1.82) is 0 Å². The Morgan fingerprint density at radius 2 is 1.42 bits per heavy atom. The summed E-state index contributed by atoms with van der Waals surface area (Å²) in [5.41, 5.74) is 5.08. The summed E-state index contributed by atoms with van der Waals surface area (Å²) in [6, 6.07) is 20.6. The van der Waals surface area contributed by atoms with Gasteiger partial charge >= 0.3 is 0 Å². The highest BCUT2D eigenvalue weighted by molar-refractivity contribution is 6.07. The Bertz CT molecular complexity index is 1990. The lowest BCUT2D eigenvalue weighted by Crippen LogP contribution is -2.31. The van der Waals surface area contributed by atoms with Gasteiger partial charge in [0.1, 0.15) is 11.4 Å². The van der Waals surface area contributed by atoms with Gasteiger partial charge in [0.2, 0.25) is 0 Å². The van der Waals surface area contributed by atoms with Gasteiger partial charge in [-0.3, -0.25) is 24.4 Å². The fourth-order valence-corrected chi connectivity index (χ4v) is 5.24. The van der Waals surface area contributed by atoms with E-state index in [1.165, 1.54) is 0 Å². The number of aromatic nitrogens is 3. The smallest absolute Gasteiger partial charge is 0.272 e. The van der Waals surface area contributed by atoms with Crippen LogP contribution in [0, 0.1) is 0 Å². The molecule has 0 aliphatic carbocycles. The molecule has 0 bridgehead atoms. The van der Waals surface area contributed by atoms with Crippen LogP contribution in [0.25, 0.3) is 23.1 Å². The van der Waals surface area contributed by atoms with Gasteiger partial charge in [0.05, 0.1) is 22.7 Å². The van der Waals surface area contributed by atoms with Crippen LogP contribution < -0.4 is 21.3 Å². The van der Waals surface area contributed by atoms with Crippen LogP contribution >= 0.6 is 0 Å². The predicted octanol–water partition coefficient (Wildman–Crippen LogP) is 5.73. The largest absolute Gasteiger partial charge is 0.374 e. The molecule has 0 saturated heterocycles. The minimum atomic E-state index is -0.376. The van der Waals surface area contributed by atoms with Gasteiger partial charge in [-0.25, -0.2) is 0 Å². The molecule has 11 nitrogen and oxygen atoms in total. The molecule has 48 heavy (non-hydrogen) atoms. The Morgan fingerprint density at radius 1 is 0.771 bits per heavy atom. The average Bonchev–Trinajstić information content (AvgIpc) is 3.64. The Hall–Kier alpha value is -5.97. The van der Waals surface area contributed by atoms with Crippen molar-refractivity contribution in [1.82, 2.24) is 24.8 Å². The first-order chi connectivity index (χ1) is 23.2. The Labute approximate surface area is 279 Å². The number of nitrogens with zero attached hydrogens (tertiary/aromatic N) is 4. The second kappa shape index (κ2) is 15.5. The summed E-state index contributed by atoms with van der Waals surface area (Å²) in [5, 5.41) is 12.9. The lowest BCUT2D eigenvalue weighted by molar-refractivity contribution is 0.0945. The van der Waals surface area contributed by atoms with Crippen LogP contribution in [0.4, 0.5) is 11.4 Å². The molecule has 3 amide bonds. The maximum atomic E-state index is 13.1. The van der Waals surface area contributed by atoms with Crippen molar-refractivity contribution in [2.75, 3.05) is 30.3 Å². The Kier molecular flexibility index (Phi) is 10.8. The fourth-order valence-electron chi connectivity index (χ4n) is 5.24. The van der Waals surface area contributed by atoms with Crippen molar-refractivity contribution >= 4 is 58.0 Å². The van der Waals surface area contributed by atoms with E-state index in [4.69, 9.17) is 0 Å². The number of amidine groups is 1. The van der Waals surface area contributed by atoms with Gasteiger partial charge in [-0.15, -0.1) is 0 Å². The first kappa shape index (κ1) is 33.4. The average molecular weight is 645 g/mol. The zero-order chi connectivity index (χ0) is 34.0. The summed E-state index contributed by atoms with van der Waals surface area (Å²) in [4.78, 5) is 47.8. The van der Waals surface area contributed by atoms with Crippen LogP contribution in [-0.2, 0) is 14.1 Å². The molecule has 0 radical (unpaired) electrons. The fraction of sp³-hybridized carbons (Fsp3) is 0.216. The van der Waals surface area contributed by atoms with Crippen LogP contribution in [0.3, 0.4) is 0 Å². The number of carbonyl (C=O) groups is 3. The van der Waals surface area contributed by atoms with Gasteiger partial charge in [0.15, 0.2) is 0 Å². The van der Waals surface area contributed by atoms with E-state index in [2.05, 4.69) is 37.3 Å². The number of rotatable bonds is 12. The predicted molar refractivity (Wildman–Crippen MR) is 192 cm³/mol. The van der Waals surface area contributed by atoms with Gasteiger partial charge in [0, 0.05) is 69.7 Å². The maximum Gasteiger partial charge on any atom is 0.272 e. The molecular formula is C37H40N8O3. The quantitative estimate of drug-likeness (QED) is 0.102. The van der Waals surface area contributed by atoms with Crippen molar-refractivity contribution in [3.8, 4) is 0 Å². The van der Waals surface area contributed by atoms with E-state index in [-0.39, 0.29) is 17.7 Å². The molecule has 0 aliphatic rings. The summed E-state index contributed by atoms with van der Waals surface area (Å²) in [6.45, 7) is 5.83. The van der Waals surface area contributed by atoms with E-state index in [9.17, 15) is 14.4 Å². The number of para-hydroxylation sites is 1. The molecule has 5 rings (SSSR count). The van der Waals surface area contributed by atoms with Crippen LogP contribution in [0.5, 0.6) is 0 Å². The summed E-state index contributed by atoms with van der Waals surface area (Å²) in [7, 11) is 3.47. The van der Waals surface area contributed by atoms with Gasteiger partial charge in [-0.1, -0.05) is 42.5 Å². The number of hydrogen-bond acceptors (Lipinski definition) is 5. The first-order valence-electron chi connectivity index (χ1n) is 15.9. The summed E-state index contributed by atoms with van der Waals surface area (Å²) in [6.07, 6.45) is 9.75. The molecule has 11 heteroatoms. The lowest BCUT2D eigenvalue weighted by atomic mass is 10.1. The second-order valence-corrected chi connectivity index (χ2v) is 11.2. The van der Waals surface area contributed by atoms with Crippen molar-refractivity contribution in [3.63, 3.8) is 0 Å². The van der Waals surface area contributed by atoms with E-state index < -0.39 is 0 Å². The first-order valence-corrected chi connectivity index (χ1v) is 15.9. The summed E-state index contributed by atoms with van der Waals surface area (Å²) >= 11 is 0. The van der Waals surface area contributed by atoms with Crippen molar-refractivity contribution in [3.05, 3.63) is 113 Å². The van der Waals surface area contributed by atoms with Crippen molar-refractivity contribution in [2.45, 2.75) is 20.3 Å². The Balaban J connectivity index is 1.15. The monoisotopic (exact) mass is 644 g/mol. The SMILES string of the molecule is CCN=C(CCNC(=O)c1cc(NC(=O)c2cc(NC(=O)c3ccc(/C=C/c4cnc5ccccc5c4)cc3)cn2C)cn1C)NCC. The topological polar surface area (TPSA) is 134 Å². The number of fused-ring (bicyclic) bond motifs is 1. The van der Waals surface area contributed by atoms with Gasteiger partial charge < -0.3 is 30.4 Å². The number of amides is 3. The minimum Gasteiger partial charge on any atom is -0.374 e. The summed E-state index contributed by atoms with van der Waals surface area (Å²) < 4.78 is 3.30. The highest BCUT2D eigenvalue weighted by Crippen LogP contribution is 2.19. The van der Waals surface area contributed by atoms with E-state index in [1.807, 2.05) is 68.6 Å². The highest BCUT2D eigenvalue weighted by Gasteiger charge is 2.17. The number of carbonyl (C=O) groups excluding carboxylic acids is 3. The van der Waals surface area contributed by atoms with Crippen LogP contribution in [0.1, 0.15) is 62.7 Å². The third-order valence-electron chi connectivity index (χ3n) is 7.62. The van der Waals surface area contributed by atoms with Crippen LogP contribution in [-0.4, -0.2) is 57.3 Å². The van der Waals surface area contributed by atoms with Crippen molar-refractivity contribution in [2.24, 2.45) is 19.1 Å². The van der Waals surface area contributed by atoms with E-state index in [0.717, 1.165) is 34.4 Å². The number of hydrogen-bond donors (Lipinski definition) is 4. The molecule has 3 heterocycles. The van der Waals surface area contributed by atoms with Gasteiger partial charge in [-0.2, -0.15) is 0 Å². The molecule has 0 aliphatic heterocycles. The molecule has 0 unspecified atom stereocenters. The van der Waals surface area contributed by atoms with Crippen molar-refractivity contribution < 1.29 is 14.4 Å². The Morgan fingerprint density at radius 3 is 2.10 bits per heavy atom. The number of pyridine rings is 1. The van der Waals surface area contributed by atoms with Crippen LogP contribution in [0.15, 0.2) is 90.3 Å². The maximum absolute atomic E-state index is 13.1. The normalized spacial score (nSPS) is 11.5. The van der Waals surface area contributed by atoms with E-state index in [1.54, 1.807) is 59.9 Å². The number of anilines is 2. The molecule has 5 aromatic rings. The lowest BCUT2D eigenvalue weighted by Gasteiger charge is -2.09. The molecule has 2 aromatic carbocycles. The third-order valence-corrected chi connectivity index (χ3v) is 7.62. The molecule has 246 valence electrons. The molecule has 0 saturated carbocycles. The van der Waals surface area contributed by atoms with Gasteiger partial charge in [-0.05, 0) is 61.4 Å². The van der Waals surface area contributed by atoms with Gasteiger partial charge in [0.25, 0.3) is 17.7 Å². The van der Waals surface area contributed by atoms with Crippen LogP contribution in [0.2, 0.25) is 0 Å². The molecule has 4 N–H and O–H groups in total. The minimum absolute atomic E-state index is 0.250. The third kappa shape index (κ3) is 8.43.